The molecule has 124 valence electrons. The largest absolute Gasteiger partial charge is 0.481 e. The fourth-order valence-corrected chi connectivity index (χ4v) is 2.74. The molecule has 24 heavy (non-hydrogen) atoms. The van der Waals surface area contributed by atoms with Gasteiger partial charge in [-0.25, -0.2) is 0 Å². The van der Waals surface area contributed by atoms with Crippen LogP contribution >= 0.6 is 0 Å². The number of ether oxygens (including phenoxy) is 1. The zero-order valence-corrected chi connectivity index (χ0v) is 14.0. The second-order valence-electron chi connectivity index (χ2n) is 5.95. The maximum atomic E-state index is 12.8. The number of benzene rings is 2. The number of amides is 2. The van der Waals surface area contributed by atoms with Crippen molar-refractivity contribution in [2.45, 2.75) is 26.9 Å². The van der Waals surface area contributed by atoms with E-state index in [0.717, 1.165) is 11.1 Å². The van der Waals surface area contributed by atoms with E-state index in [-0.39, 0.29) is 18.4 Å². The van der Waals surface area contributed by atoms with Crippen molar-refractivity contribution in [1.29, 1.82) is 0 Å². The third-order valence-electron chi connectivity index (χ3n) is 4.24. The molecule has 0 saturated carbocycles. The fraction of sp³-hybridized carbons (Fsp3) is 0.263. The van der Waals surface area contributed by atoms with Gasteiger partial charge in [-0.05, 0) is 50.1 Å². The van der Waals surface area contributed by atoms with Crippen LogP contribution in [0.4, 0.5) is 11.4 Å². The maximum absolute atomic E-state index is 12.8. The molecular weight excluding hydrogens is 304 g/mol. The molecule has 0 fully saturated rings. The lowest BCUT2D eigenvalue weighted by Gasteiger charge is -2.31. The van der Waals surface area contributed by atoms with Gasteiger partial charge >= 0.3 is 0 Å². The summed E-state index contributed by atoms with van der Waals surface area (Å²) in [5.74, 6) is 0.241. The number of hydrogen-bond donors (Lipinski definition) is 1. The van der Waals surface area contributed by atoms with Crippen molar-refractivity contribution in [2.24, 2.45) is 0 Å². The van der Waals surface area contributed by atoms with Gasteiger partial charge in [0, 0.05) is 0 Å². The molecule has 1 aliphatic rings. The van der Waals surface area contributed by atoms with Gasteiger partial charge in [-0.15, -0.1) is 0 Å². The van der Waals surface area contributed by atoms with Crippen LogP contribution in [0.1, 0.15) is 18.1 Å². The summed E-state index contributed by atoms with van der Waals surface area (Å²) in [7, 11) is 0. The van der Waals surface area contributed by atoms with E-state index in [1.54, 1.807) is 13.0 Å². The predicted octanol–water partition coefficient (Wildman–Crippen LogP) is 3.06. The Morgan fingerprint density at radius 2 is 1.92 bits per heavy atom. The monoisotopic (exact) mass is 324 g/mol. The Labute approximate surface area is 141 Å². The second-order valence-corrected chi connectivity index (χ2v) is 5.95. The standard InChI is InChI=1S/C19H20N2O3/c1-12-7-6-10-17(13(12)2)24-14(3)19(23)21-11-18(22)20-15-8-4-5-9-16(15)21/h4-10,14H,11H2,1-3H3,(H,20,22)/t14-/m1/s1. The van der Waals surface area contributed by atoms with Crippen LogP contribution in [0.5, 0.6) is 5.75 Å². The normalized spacial score (nSPS) is 14.6. The van der Waals surface area contributed by atoms with Crippen LogP contribution in [0.2, 0.25) is 0 Å². The minimum absolute atomic E-state index is 0.00362. The molecule has 0 radical (unpaired) electrons. The Balaban J connectivity index is 1.84. The molecule has 3 rings (SSSR count). The molecule has 1 heterocycles. The van der Waals surface area contributed by atoms with Crippen molar-refractivity contribution in [3.63, 3.8) is 0 Å². The van der Waals surface area contributed by atoms with Gasteiger partial charge in [0.25, 0.3) is 5.91 Å². The summed E-state index contributed by atoms with van der Waals surface area (Å²) in [5, 5.41) is 2.78. The average molecular weight is 324 g/mol. The minimum atomic E-state index is -0.690. The van der Waals surface area contributed by atoms with Crippen LogP contribution in [0.25, 0.3) is 0 Å². The van der Waals surface area contributed by atoms with E-state index in [4.69, 9.17) is 4.74 Å². The van der Waals surface area contributed by atoms with E-state index in [2.05, 4.69) is 5.32 Å². The first-order valence-corrected chi connectivity index (χ1v) is 7.90. The highest BCUT2D eigenvalue weighted by molar-refractivity contribution is 6.10. The first-order chi connectivity index (χ1) is 11.5. The highest BCUT2D eigenvalue weighted by atomic mass is 16.5. The number of rotatable bonds is 3. The summed E-state index contributed by atoms with van der Waals surface area (Å²) in [6.45, 7) is 5.67. The fourth-order valence-electron chi connectivity index (χ4n) is 2.74. The van der Waals surface area contributed by atoms with Crippen molar-refractivity contribution in [3.8, 4) is 5.75 Å². The SMILES string of the molecule is Cc1cccc(O[C@H](C)C(=O)N2CC(=O)Nc3ccccc32)c1C. The summed E-state index contributed by atoms with van der Waals surface area (Å²) in [6.07, 6.45) is -0.690. The number of nitrogens with one attached hydrogen (secondary N) is 1. The molecule has 1 atom stereocenters. The van der Waals surface area contributed by atoms with Crippen molar-refractivity contribution in [3.05, 3.63) is 53.6 Å². The summed E-state index contributed by atoms with van der Waals surface area (Å²) in [6, 6.07) is 13.0. The van der Waals surface area contributed by atoms with E-state index in [0.29, 0.717) is 17.1 Å². The summed E-state index contributed by atoms with van der Waals surface area (Å²) < 4.78 is 5.87. The smallest absolute Gasteiger partial charge is 0.268 e. The quantitative estimate of drug-likeness (QED) is 0.944. The molecule has 0 bridgehead atoms. The van der Waals surface area contributed by atoms with E-state index in [9.17, 15) is 9.59 Å². The van der Waals surface area contributed by atoms with Gasteiger partial charge in [0.05, 0.1) is 11.4 Å². The average Bonchev–Trinajstić information content (AvgIpc) is 2.57. The first-order valence-electron chi connectivity index (χ1n) is 7.90. The summed E-state index contributed by atoms with van der Waals surface area (Å²) >= 11 is 0. The van der Waals surface area contributed by atoms with Crippen LogP contribution < -0.4 is 15.0 Å². The molecule has 2 aromatic carbocycles. The highest BCUT2D eigenvalue weighted by Crippen LogP contribution is 2.30. The molecule has 0 saturated heterocycles. The van der Waals surface area contributed by atoms with E-state index in [1.807, 2.05) is 50.2 Å². The molecule has 0 unspecified atom stereocenters. The summed E-state index contributed by atoms with van der Waals surface area (Å²) in [5.41, 5.74) is 3.45. The van der Waals surface area contributed by atoms with Gasteiger partial charge in [0.1, 0.15) is 12.3 Å². The Morgan fingerprint density at radius 1 is 1.17 bits per heavy atom. The topological polar surface area (TPSA) is 58.6 Å². The van der Waals surface area contributed by atoms with Crippen LogP contribution in [0.3, 0.4) is 0 Å². The third kappa shape index (κ3) is 2.97. The number of hydrogen-bond acceptors (Lipinski definition) is 3. The Bertz CT molecular complexity index is 801. The number of anilines is 2. The number of carbonyl (C=O) groups is 2. The van der Waals surface area contributed by atoms with E-state index in [1.165, 1.54) is 4.90 Å². The van der Waals surface area contributed by atoms with Crippen LogP contribution in [-0.4, -0.2) is 24.5 Å². The van der Waals surface area contributed by atoms with Gasteiger partial charge in [0.2, 0.25) is 5.91 Å². The molecule has 1 aliphatic heterocycles. The van der Waals surface area contributed by atoms with Crippen molar-refractivity contribution in [1.82, 2.24) is 0 Å². The molecule has 5 heteroatoms. The molecule has 0 aliphatic carbocycles. The molecule has 2 amide bonds. The minimum Gasteiger partial charge on any atom is -0.481 e. The van der Waals surface area contributed by atoms with Gasteiger partial charge in [-0.3, -0.25) is 14.5 Å². The molecule has 1 N–H and O–H groups in total. The number of fused-ring (bicyclic) bond motifs is 1. The lowest BCUT2D eigenvalue weighted by molar-refractivity contribution is -0.126. The Kier molecular flexibility index (Phi) is 4.25. The molecule has 0 aromatic heterocycles. The molecule has 2 aromatic rings. The van der Waals surface area contributed by atoms with E-state index < -0.39 is 6.10 Å². The van der Waals surface area contributed by atoms with Gasteiger partial charge < -0.3 is 10.1 Å². The lowest BCUT2D eigenvalue weighted by Crippen LogP contribution is -2.47. The number of nitrogens with zero attached hydrogens (tertiary/aromatic N) is 1. The Hall–Kier alpha value is -2.82. The Morgan fingerprint density at radius 3 is 2.71 bits per heavy atom. The highest BCUT2D eigenvalue weighted by Gasteiger charge is 2.30. The number of aryl methyl sites for hydroxylation is 1. The van der Waals surface area contributed by atoms with Crippen LogP contribution in [0, 0.1) is 13.8 Å². The van der Waals surface area contributed by atoms with Crippen LogP contribution in [-0.2, 0) is 9.59 Å². The van der Waals surface area contributed by atoms with Crippen LogP contribution in [0.15, 0.2) is 42.5 Å². The second kappa shape index (κ2) is 6.35. The maximum Gasteiger partial charge on any atom is 0.268 e. The van der Waals surface area contributed by atoms with Gasteiger partial charge in [0.15, 0.2) is 6.10 Å². The van der Waals surface area contributed by atoms with Gasteiger partial charge in [-0.2, -0.15) is 0 Å². The number of carbonyl (C=O) groups excluding carboxylic acids is 2. The van der Waals surface area contributed by atoms with Crippen molar-refractivity contribution >= 4 is 23.2 Å². The zero-order valence-electron chi connectivity index (χ0n) is 14.0. The number of para-hydroxylation sites is 2. The predicted molar refractivity (Wildman–Crippen MR) is 93.4 cm³/mol. The summed E-state index contributed by atoms with van der Waals surface area (Å²) in [4.78, 5) is 26.2. The van der Waals surface area contributed by atoms with Crippen molar-refractivity contribution < 1.29 is 14.3 Å². The lowest BCUT2D eigenvalue weighted by atomic mass is 10.1. The zero-order chi connectivity index (χ0) is 17.3. The molecular formula is C19H20N2O3. The first kappa shape index (κ1) is 16.1. The molecule has 5 nitrogen and oxygen atoms in total. The van der Waals surface area contributed by atoms with E-state index >= 15 is 0 Å². The third-order valence-corrected chi connectivity index (χ3v) is 4.24. The van der Waals surface area contributed by atoms with Gasteiger partial charge in [-0.1, -0.05) is 24.3 Å². The molecule has 0 spiro atoms. The van der Waals surface area contributed by atoms with Crippen molar-refractivity contribution in [2.75, 3.05) is 16.8 Å².